The SMILES string of the molecule is Cc1ccc([P+](CCCCOC(=O)C(C)(C)C)(c2ccc(C)cc2)c2ccc(C)cc2)cc1.[Br-]. The van der Waals surface area contributed by atoms with Gasteiger partial charge in [-0.1, -0.05) is 53.1 Å². The molecule has 0 N–H and O–H groups in total. The molecule has 0 aliphatic rings. The van der Waals surface area contributed by atoms with Gasteiger partial charge in [0.05, 0.1) is 18.2 Å². The van der Waals surface area contributed by atoms with Crippen molar-refractivity contribution in [1.29, 1.82) is 0 Å². The monoisotopic (exact) mass is 540 g/mol. The number of carbonyl (C=O) groups excluding carboxylic acids is 1. The molecule has 3 aromatic rings. The van der Waals surface area contributed by atoms with E-state index in [2.05, 4.69) is 93.6 Å². The van der Waals surface area contributed by atoms with Crippen LogP contribution >= 0.6 is 7.26 Å². The largest absolute Gasteiger partial charge is 1.00 e. The molecule has 0 fully saturated rings. The lowest BCUT2D eigenvalue weighted by Crippen LogP contribution is -3.00. The van der Waals surface area contributed by atoms with Gasteiger partial charge >= 0.3 is 5.97 Å². The zero-order valence-electron chi connectivity index (χ0n) is 21.4. The maximum Gasteiger partial charge on any atom is 0.311 e. The zero-order chi connectivity index (χ0) is 24.1. The van der Waals surface area contributed by atoms with Gasteiger partial charge in [0.2, 0.25) is 0 Å². The molecule has 0 aliphatic carbocycles. The second kappa shape index (κ2) is 12.1. The second-order valence-corrected chi connectivity index (χ2v) is 13.7. The summed E-state index contributed by atoms with van der Waals surface area (Å²) in [5, 5.41) is 4.23. The molecule has 0 amide bonds. The average Bonchev–Trinajstić information content (AvgIpc) is 2.78. The van der Waals surface area contributed by atoms with E-state index >= 15 is 0 Å². The van der Waals surface area contributed by atoms with Crippen molar-refractivity contribution in [2.75, 3.05) is 12.8 Å². The fourth-order valence-electron chi connectivity index (χ4n) is 4.06. The van der Waals surface area contributed by atoms with E-state index in [1.54, 1.807) is 0 Å². The van der Waals surface area contributed by atoms with Gasteiger partial charge in [0.25, 0.3) is 0 Å². The minimum absolute atomic E-state index is 0. The second-order valence-electron chi connectivity index (χ2n) is 10.1. The first-order valence-electron chi connectivity index (χ1n) is 11.9. The number of unbranched alkanes of at least 4 members (excludes halogenated alkanes) is 1. The molecule has 0 atom stereocenters. The normalized spacial score (nSPS) is 11.6. The third-order valence-corrected chi connectivity index (χ3v) is 10.7. The fourth-order valence-corrected chi connectivity index (χ4v) is 8.41. The number of hydrogen-bond donors (Lipinski definition) is 0. The van der Waals surface area contributed by atoms with Gasteiger partial charge in [-0.25, -0.2) is 0 Å². The highest BCUT2D eigenvalue weighted by atomic mass is 79.9. The molecule has 0 saturated heterocycles. The number of ether oxygens (including phenoxy) is 1. The minimum Gasteiger partial charge on any atom is -1.00 e. The molecule has 0 heterocycles. The van der Waals surface area contributed by atoms with Gasteiger partial charge < -0.3 is 21.7 Å². The maximum absolute atomic E-state index is 12.2. The van der Waals surface area contributed by atoms with E-state index in [1.165, 1.54) is 32.6 Å². The number of benzene rings is 3. The molecule has 0 unspecified atom stereocenters. The molecule has 3 rings (SSSR count). The predicted molar refractivity (Wildman–Crippen MR) is 144 cm³/mol. The van der Waals surface area contributed by atoms with Crippen LogP contribution in [0.3, 0.4) is 0 Å². The first-order chi connectivity index (χ1) is 15.6. The Kier molecular flexibility index (Phi) is 10.1. The Bertz CT molecular complexity index is 938. The van der Waals surface area contributed by atoms with E-state index in [0.717, 1.165) is 19.0 Å². The van der Waals surface area contributed by atoms with Gasteiger partial charge in [-0.3, -0.25) is 4.79 Å². The molecule has 0 radical (unpaired) electrons. The molecular weight excluding hydrogens is 503 g/mol. The van der Waals surface area contributed by atoms with Gasteiger partial charge in [0, 0.05) is 0 Å². The summed E-state index contributed by atoms with van der Waals surface area (Å²) in [4.78, 5) is 12.2. The van der Waals surface area contributed by atoms with Gasteiger partial charge in [0.15, 0.2) is 0 Å². The third-order valence-electron chi connectivity index (χ3n) is 6.16. The summed E-state index contributed by atoms with van der Waals surface area (Å²) in [7, 11) is -1.85. The summed E-state index contributed by atoms with van der Waals surface area (Å²) >= 11 is 0. The molecule has 182 valence electrons. The van der Waals surface area contributed by atoms with Crippen LogP contribution in [0.15, 0.2) is 72.8 Å². The summed E-state index contributed by atoms with van der Waals surface area (Å²) in [5.41, 5.74) is 3.37. The lowest BCUT2D eigenvalue weighted by Gasteiger charge is -2.28. The number of carbonyl (C=O) groups is 1. The van der Waals surface area contributed by atoms with E-state index < -0.39 is 12.7 Å². The van der Waals surface area contributed by atoms with Crippen molar-refractivity contribution in [1.82, 2.24) is 0 Å². The van der Waals surface area contributed by atoms with E-state index in [-0.39, 0.29) is 23.0 Å². The van der Waals surface area contributed by atoms with Crippen molar-refractivity contribution in [2.24, 2.45) is 5.41 Å². The number of rotatable bonds is 8. The molecule has 4 heteroatoms. The highest BCUT2D eigenvalue weighted by molar-refractivity contribution is 7.95. The smallest absolute Gasteiger partial charge is 0.311 e. The first-order valence-corrected chi connectivity index (χ1v) is 13.9. The van der Waals surface area contributed by atoms with Gasteiger partial charge in [-0.05, 0) is 90.8 Å². The van der Waals surface area contributed by atoms with Gasteiger partial charge in [0.1, 0.15) is 23.2 Å². The number of halogens is 1. The van der Waals surface area contributed by atoms with Crippen LogP contribution in [0.5, 0.6) is 0 Å². The van der Waals surface area contributed by atoms with E-state index in [0.29, 0.717) is 6.61 Å². The molecule has 3 aromatic carbocycles. The molecule has 34 heavy (non-hydrogen) atoms. The van der Waals surface area contributed by atoms with Crippen molar-refractivity contribution in [3.8, 4) is 0 Å². The van der Waals surface area contributed by atoms with Crippen LogP contribution in [0.25, 0.3) is 0 Å². The predicted octanol–water partition coefficient (Wildman–Crippen LogP) is 3.28. The Morgan fingerprint density at radius 2 is 1.03 bits per heavy atom. The lowest BCUT2D eigenvalue weighted by molar-refractivity contribution is -0.153. The fraction of sp³-hybridized carbons (Fsp3) is 0.367. The highest BCUT2D eigenvalue weighted by Crippen LogP contribution is 2.56. The summed E-state index contributed by atoms with van der Waals surface area (Å²) in [6.07, 6.45) is 2.92. The Hall–Kier alpha value is -1.96. The summed E-state index contributed by atoms with van der Waals surface area (Å²) in [6, 6.07) is 27.3. The van der Waals surface area contributed by atoms with Crippen LogP contribution in [0.1, 0.15) is 50.3 Å². The van der Waals surface area contributed by atoms with Crippen molar-refractivity contribution in [3.05, 3.63) is 89.5 Å². The first kappa shape index (κ1) is 28.3. The van der Waals surface area contributed by atoms with E-state index in [9.17, 15) is 4.79 Å². The van der Waals surface area contributed by atoms with Crippen molar-refractivity contribution in [3.63, 3.8) is 0 Å². The van der Waals surface area contributed by atoms with E-state index in [1.807, 2.05) is 20.8 Å². The van der Waals surface area contributed by atoms with Crippen molar-refractivity contribution in [2.45, 2.75) is 54.4 Å². The third kappa shape index (κ3) is 6.80. The minimum atomic E-state index is -1.85. The van der Waals surface area contributed by atoms with Crippen LogP contribution < -0.4 is 32.9 Å². The Morgan fingerprint density at radius 3 is 1.35 bits per heavy atom. The molecule has 0 spiro atoms. The summed E-state index contributed by atoms with van der Waals surface area (Å²) < 4.78 is 5.56. The molecular formula is C30H38BrO2P. The Balaban J connectivity index is 0.00000408. The summed E-state index contributed by atoms with van der Waals surface area (Å²) in [5.74, 6) is -0.126. The number of aryl methyl sites for hydroxylation is 3. The average molecular weight is 542 g/mol. The van der Waals surface area contributed by atoms with Crippen LogP contribution in [-0.4, -0.2) is 18.7 Å². The molecule has 0 aromatic heterocycles. The Labute approximate surface area is 217 Å². The highest BCUT2D eigenvalue weighted by Gasteiger charge is 2.44. The van der Waals surface area contributed by atoms with Crippen molar-refractivity contribution < 1.29 is 26.5 Å². The molecule has 2 nitrogen and oxygen atoms in total. The van der Waals surface area contributed by atoms with Crippen LogP contribution in [0.4, 0.5) is 0 Å². The lowest BCUT2D eigenvalue weighted by atomic mass is 9.97. The van der Waals surface area contributed by atoms with E-state index in [4.69, 9.17) is 4.74 Å². The number of hydrogen-bond acceptors (Lipinski definition) is 2. The summed E-state index contributed by atoms with van der Waals surface area (Å²) in [6.45, 7) is 12.6. The quantitative estimate of drug-likeness (QED) is 0.249. The van der Waals surface area contributed by atoms with Crippen LogP contribution in [0, 0.1) is 26.2 Å². The standard InChI is InChI=1S/C30H38O2P.BrH/c1-23-9-15-26(16-10-23)33(27-17-11-24(2)12-18-27,28-19-13-25(3)14-20-28)22-8-7-21-32-29(31)30(4,5)6;/h9-20H,7-8,21-22H2,1-6H3;1H/q+1;/p-1. The van der Waals surface area contributed by atoms with Gasteiger partial charge in [-0.15, -0.1) is 0 Å². The van der Waals surface area contributed by atoms with Crippen molar-refractivity contribution >= 4 is 29.1 Å². The van der Waals surface area contributed by atoms with Crippen LogP contribution in [0.2, 0.25) is 0 Å². The molecule has 0 saturated carbocycles. The topological polar surface area (TPSA) is 26.3 Å². The van der Waals surface area contributed by atoms with Crippen LogP contribution in [-0.2, 0) is 9.53 Å². The molecule has 0 bridgehead atoms. The maximum atomic E-state index is 12.2. The molecule has 0 aliphatic heterocycles. The van der Waals surface area contributed by atoms with Gasteiger partial charge in [-0.2, -0.15) is 0 Å². The number of esters is 1. The zero-order valence-corrected chi connectivity index (χ0v) is 23.9. The Morgan fingerprint density at radius 1 is 0.676 bits per heavy atom.